The van der Waals surface area contributed by atoms with Crippen LogP contribution in [0.2, 0.25) is 0 Å². The predicted molar refractivity (Wildman–Crippen MR) is 118 cm³/mol. The maximum atomic E-state index is 12.9. The number of hydrogen-bond donors (Lipinski definition) is 0. The molecule has 1 aromatic carbocycles. The predicted octanol–water partition coefficient (Wildman–Crippen LogP) is 5.25. The van der Waals surface area contributed by atoms with Crippen LogP contribution in [-0.2, 0) is 29.1 Å². The Kier molecular flexibility index (Phi) is 9.20. The van der Waals surface area contributed by atoms with Crippen molar-refractivity contribution in [2.24, 2.45) is 0 Å². The lowest BCUT2D eigenvalue weighted by atomic mass is 9.91. The molecule has 1 aromatic rings. The molecule has 0 saturated heterocycles. The van der Waals surface area contributed by atoms with Crippen molar-refractivity contribution in [1.82, 2.24) is 0 Å². The van der Waals surface area contributed by atoms with Gasteiger partial charge in [-0.15, -0.1) is 4.33 Å². The van der Waals surface area contributed by atoms with Crippen LogP contribution in [0.25, 0.3) is 0 Å². The largest absolute Gasteiger partial charge is 0.456 e. The minimum Gasteiger partial charge on any atom is -0.456 e. The van der Waals surface area contributed by atoms with E-state index in [1.165, 1.54) is 7.11 Å². The van der Waals surface area contributed by atoms with E-state index in [0.29, 0.717) is 28.7 Å². The molecule has 1 aliphatic carbocycles. The highest BCUT2D eigenvalue weighted by Crippen LogP contribution is 2.39. The zero-order valence-electron chi connectivity index (χ0n) is 18.9. The molecule has 31 heavy (non-hydrogen) atoms. The van der Waals surface area contributed by atoms with Crippen molar-refractivity contribution in [3.63, 3.8) is 0 Å². The Bertz CT molecular complexity index is 829. The van der Waals surface area contributed by atoms with E-state index in [0.717, 1.165) is 25.7 Å². The Labute approximate surface area is 189 Å². The normalized spacial score (nSPS) is 16.1. The Morgan fingerprint density at radius 1 is 1.10 bits per heavy atom. The molecule has 0 heterocycles. The summed E-state index contributed by atoms with van der Waals surface area (Å²) in [5.74, 6) is -0.332. The van der Waals surface area contributed by atoms with Crippen LogP contribution < -0.4 is 4.18 Å². The summed E-state index contributed by atoms with van der Waals surface area (Å²) < 4.78 is 40.8. The van der Waals surface area contributed by atoms with E-state index in [1.54, 1.807) is 12.1 Å². The molecule has 176 valence electrons. The van der Waals surface area contributed by atoms with Crippen molar-refractivity contribution in [3.05, 3.63) is 28.8 Å². The molecule has 1 saturated carbocycles. The molecule has 0 aromatic heterocycles. The van der Waals surface area contributed by atoms with Gasteiger partial charge in [-0.25, -0.2) is 9.68 Å². The molecule has 0 amide bonds. The zero-order valence-corrected chi connectivity index (χ0v) is 20.6. The molecular formula is C21H32O8S2. The number of rotatable bonds is 11. The topological polar surface area (TPSA) is 97.4 Å². The van der Waals surface area contributed by atoms with Gasteiger partial charge in [0.2, 0.25) is 0 Å². The van der Waals surface area contributed by atoms with Gasteiger partial charge in [-0.05, 0) is 67.7 Å². The second kappa shape index (κ2) is 11.0. The van der Waals surface area contributed by atoms with Crippen LogP contribution in [0.1, 0.15) is 93.6 Å². The molecule has 0 N–H and O–H groups in total. The van der Waals surface area contributed by atoms with Gasteiger partial charge < -0.3 is 8.92 Å². The van der Waals surface area contributed by atoms with Gasteiger partial charge in [-0.1, -0.05) is 32.7 Å². The smallest absolute Gasteiger partial charge is 0.338 e. The molecule has 0 unspecified atom stereocenters. The van der Waals surface area contributed by atoms with Crippen LogP contribution in [0, 0.1) is 0 Å². The van der Waals surface area contributed by atoms with E-state index in [9.17, 15) is 13.2 Å². The first-order valence-electron chi connectivity index (χ1n) is 10.3. The summed E-state index contributed by atoms with van der Waals surface area (Å²) in [7, 11) is -2.77. The Balaban J connectivity index is 2.36. The highest BCUT2D eigenvalue weighted by atomic mass is 32.3. The second-order valence-electron chi connectivity index (χ2n) is 8.52. The Hall–Kier alpha value is -1.33. The second-order valence-corrected chi connectivity index (χ2v) is 11.1. The summed E-state index contributed by atoms with van der Waals surface area (Å²) in [4.78, 5) is 17.2. The third kappa shape index (κ3) is 7.35. The fraction of sp³-hybridized carbons (Fsp3) is 0.667. The molecule has 0 spiro atoms. The van der Waals surface area contributed by atoms with Crippen molar-refractivity contribution in [2.75, 3.05) is 12.2 Å². The van der Waals surface area contributed by atoms with Gasteiger partial charge in [0.15, 0.2) is 5.08 Å². The monoisotopic (exact) mass is 476 g/mol. The van der Waals surface area contributed by atoms with Gasteiger partial charge in [0, 0.05) is 0 Å². The molecule has 1 aliphatic rings. The molecule has 8 nitrogen and oxygen atoms in total. The fourth-order valence-corrected chi connectivity index (χ4v) is 4.89. The minimum absolute atomic E-state index is 0.0850. The lowest BCUT2D eigenvalue weighted by molar-refractivity contribution is -0.447. The maximum absolute atomic E-state index is 12.9. The molecule has 0 radical (unpaired) electrons. The number of ether oxygens (including phenoxy) is 1. The van der Waals surface area contributed by atoms with Crippen LogP contribution >= 0.6 is 12.0 Å². The van der Waals surface area contributed by atoms with E-state index < -0.39 is 26.8 Å². The third-order valence-electron chi connectivity index (χ3n) is 5.17. The van der Waals surface area contributed by atoms with E-state index in [-0.39, 0.29) is 17.6 Å². The van der Waals surface area contributed by atoms with E-state index in [2.05, 4.69) is 14.3 Å². The van der Waals surface area contributed by atoms with Crippen LogP contribution in [-0.4, -0.2) is 32.2 Å². The quantitative estimate of drug-likeness (QED) is 0.106. The van der Waals surface area contributed by atoms with Crippen molar-refractivity contribution < 1.29 is 36.4 Å². The maximum Gasteiger partial charge on any atom is 0.338 e. The highest BCUT2D eigenvalue weighted by molar-refractivity contribution is 8.08. The summed E-state index contributed by atoms with van der Waals surface area (Å²) >= 11 is 0.524. The molecule has 2 rings (SSSR count). The van der Waals surface area contributed by atoms with Crippen molar-refractivity contribution in [1.29, 1.82) is 0 Å². The van der Waals surface area contributed by atoms with Crippen LogP contribution in [0.4, 0.5) is 0 Å². The standard InChI is InChI=1S/C21H32O8S2/c1-14(2)17-11-16(20(22)26-21(5)9-7-8-10-21)12-18(15(3)4)19(17)27-31(23,24)13-30-29-28-25-6/h11-12,14-15H,7-10,13H2,1-6H3. The van der Waals surface area contributed by atoms with E-state index >= 15 is 0 Å². The summed E-state index contributed by atoms with van der Waals surface area (Å²) in [5.41, 5.74) is 1.19. The van der Waals surface area contributed by atoms with Crippen molar-refractivity contribution in [2.45, 2.75) is 77.7 Å². The first kappa shape index (κ1) is 25.9. The first-order valence-corrected chi connectivity index (χ1v) is 12.8. The zero-order chi connectivity index (χ0) is 23.2. The van der Waals surface area contributed by atoms with Crippen LogP contribution in [0.3, 0.4) is 0 Å². The van der Waals surface area contributed by atoms with Crippen molar-refractivity contribution >= 4 is 28.1 Å². The Morgan fingerprint density at radius 2 is 1.65 bits per heavy atom. The van der Waals surface area contributed by atoms with Crippen LogP contribution in [0.5, 0.6) is 5.75 Å². The summed E-state index contributed by atoms with van der Waals surface area (Å²) in [6.45, 7) is 9.61. The molecular weight excluding hydrogens is 444 g/mol. The van der Waals surface area contributed by atoms with Crippen molar-refractivity contribution in [3.8, 4) is 5.75 Å². The molecule has 10 heteroatoms. The number of carbonyl (C=O) groups excluding carboxylic acids is 1. The summed E-state index contributed by atoms with van der Waals surface area (Å²) in [6, 6.07) is 3.33. The summed E-state index contributed by atoms with van der Waals surface area (Å²) in [6.07, 6.45) is 3.78. The van der Waals surface area contributed by atoms with Gasteiger partial charge in [0.25, 0.3) is 0 Å². The lowest BCUT2D eigenvalue weighted by Gasteiger charge is -2.25. The van der Waals surface area contributed by atoms with Gasteiger partial charge in [-0.3, -0.25) is 0 Å². The molecule has 0 bridgehead atoms. The average molecular weight is 477 g/mol. The van der Waals surface area contributed by atoms with Gasteiger partial charge in [0.1, 0.15) is 11.4 Å². The number of esters is 1. The van der Waals surface area contributed by atoms with Crippen LogP contribution in [0.15, 0.2) is 12.1 Å². The number of benzene rings is 1. The first-order chi connectivity index (χ1) is 14.5. The highest BCUT2D eigenvalue weighted by Gasteiger charge is 2.34. The van der Waals surface area contributed by atoms with Gasteiger partial charge in [-0.2, -0.15) is 8.42 Å². The Morgan fingerprint density at radius 3 is 2.13 bits per heavy atom. The summed E-state index contributed by atoms with van der Waals surface area (Å²) in [5, 5.41) is 3.69. The minimum atomic E-state index is -4.00. The third-order valence-corrected chi connectivity index (χ3v) is 7.29. The van der Waals surface area contributed by atoms with Gasteiger partial charge >= 0.3 is 16.1 Å². The lowest BCUT2D eigenvalue weighted by Crippen LogP contribution is -2.28. The fourth-order valence-electron chi connectivity index (χ4n) is 3.53. The average Bonchev–Trinajstić information content (AvgIpc) is 3.10. The molecule has 0 atom stereocenters. The van der Waals surface area contributed by atoms with E-state index in [4.69, 9.17) is 8.92 Å². The molecule has 0 aliphatic heterocycles. The van der Waals surface area contributed by atoms with Gasteiger partial charge in [0.05, 0.1) is 24.7 Å². The van der Waals surface area contributed by atoms with E-state index in [1.807, 2.05) is 34.6 Å². The number of carbonyl (C=O) groups is 1. The molecule has 1 fully saturated rings. The SMILES string of the molecule is COOOSCS(=O)(=O)Oc1c(C(C)C)cc(C(=O)OC2(C)CCCC2)cc1C(C)C. The number of hydrogen-bond acceptors (Lipinski definition) is 9.